The van der Waals surface area contributed by atoms with Gasteiger partial charge in [-0.3, -0.25) is 14.9 Å². The van der Waals surface area contributed by atoms with E-state index in [1.807, 2.05) is 20.8 Å². The molecule has 0 aliphatic rings. The van der Waals surface area contributed by atoms with E-state index in [-0.39, 0.29) is 17.0 Å². The smallest absolute Gasteiger partial charge is 0.346 e. The molecule has 1 aromatic heterocycles. The van der Waals surface area contributed by atoms with Gasteiger partial charge in [-0.2, -0.15) is 9.78 Å². The van der Waals surface area contributed by atoms with Crippen molar-refractivity contribution >= 4 is 60.6 Å². The van der Waals surface area contributed by atoms with Crippen molar-refractivity contribution in [2.24, 2.45) is 5.10 Å². The van der Waals surface area contributed by atoms with E-state index in [1.165, 1.54) is 32.4 Å². The highest BCUT2D eigenvalue weighted by atomic mass is 79.9. The number of carbonyl (C=O) groups is 1. The number of carbonyl (C=O) groups excluding carboxylic acids is 1. The van der Waals surface area contributed by atoms with Gasteiger partial charge in [-0.05, 0) is 31.2 Å². The summed E-state index contributed by atoms with van der Waals surface area (Å²) in [6.07, 6.45) is 0.138. The van der Waals surface area contributed by atoms with Crippen LogP contribution in [-0.4, -0.2) is 40.0 Å². The van der Waals surface area contributed by atoms with E-state index in [1.54, 1.807) is 18.2 Å². The van der Waals surface area contributed by atoms with Crippen molar-refractivity contribution in [3.63, 3.8) is 0 Å². The van der Waals surface area contributed by atoms with Gasteiger partial charge in [0.1, 0.15) is 5.82 Å². The molecular weight excluding hydrogens is 588 g/mol. The molecule has 0 N–H and O–H groups in total. The van der Waals surface area contributed by atoms with E-state index in [4.69, 9.17) is 4.74 Å². The summed E-state index contributed by atoms with van der Waals surface area (Å²) in [5.74, 6) is -0.509. The third-order valence-electron chi connectivity index (χ3n) is 4.88. The molecule has 0 bridgehead atoms. The topological polar surface area (TPSA) is 126 Å². The zero-order valence-electron chi connectivity index (χ0n) is 19.5. The Labute approximate surface area is 217 Å². The first kappa shape index (κ1) is 26.5. The second-order valence-corrected chi connectivity index (χ2v) is 10.4. The maximum Gasteiger partial charge on any atom is 0.346 e. The Morgan fingerprint density at radius 2 is 1.91 bits per heavy atom. The first-order chi connectivity index (χ1) is 16.3. The fourth-order valence-electron chi connectivity index (χ4n) is 3.21. The Bertz CT molecular complexity index is 1410. The molecule has 184 valence electrons. The van der Waals surface area contributed by atoms with Crippen molar-refractivity contribution in [3.8, 4) is 5.75 Å². The zero-order chi connectivity index (χ0) is 26.1. The fraction of sp³-hybridized carbons (Fsp3) is 0.304. The molecule has 0 radical (unpaired) electrons. The van der Waals surface area contributed by atoms with Gasteiger partial charge in [-0.15, -0.1) is 0 Å². The van der Waals surface area contributed by atoms with Crippen molar-refractivity contribution in [1.82, 2.24) is 9.66 Å². The highest BCUT2D eigenvalue weighted by Gasteiger charge is 2.26. The van der Waals surface area contributed by atoms with E-state index in [0.717, 1.165) is 4.68 Å². The summed E-state index contributed by atoms with van der Waals surface area (Å²) in [5.41, 5.74) is -0.667. The zero-order valence-corrected chi connectivity index (χ0v) is 22.7. The van der Waals surface area contributed by atoms with Gasteiger partial charge in [0.25, 0.3) is 5.56 Å². The third-order valence-corrected chi connectivity index (χ3v) is 5.83. The molecule has 0 saturated carbocycles. The molecule has 0 aliphatic heterocycles. The predicted molar refractivity (Wildman–Crippen MR) is 138 cm³/mol. The van der Waals surface area contributed by atoms with Crippen molar-refractivity contribution < 1.29 is 19.2 Å². The van der Waals surface area contributed by atoms with Crippen LogP contribution >= 0.6 is 31.9 Å². The number of rotatable bonds is 6. The summed E-state index contributed by atoms with van der Waals surface area (Å²) >= 11 is 6.62. The lowest BCUT2D eigenvalue weighted by atomic mass is 9.95. The average molecular weight is 610 g/mol. The number of nitro benzene ring substituents is 1. The molecule has 0 amide bonds. The molecule has 1 atom stereocenters. The second kappa shape index (κ2) is 10.2. The molecule has 0 saturated heterocycles. The lowest BCUT2D eigenvalue weighted by Gasteiger charge is -2.21. The van der Waals surface area contributed by atoms with Gasteiger partial charge in [0, 0.05) is 26.0 Å². The molecular formula is C23H22Br2N4O6. The van der Waals surface area contributed by atoms with Gasteiger partial charge in [0.05, 0.1) is 29.2 Å². The Hall–Kier alpha value is -3.12. The Kier molecular flexibility index (Phi) is 7.75. The van der Waals surface area contributed by atoms with Crippen molar-refractivity contribution in [3.05, 3.63) is 71.1 Å². The van der Waals surface area contributed by atoms with Gasteiger partial charge in [-0.1, -0.05) is 52.6 Å². The number of hydrogen-bond acceptors (Lipinski definition) is 8. The number of methoxy groups -OCH3 is 1. The number of benzene rings is 2. The average Bonchev–Trinajstić information content (AvgIpc) is 2.78. The van der Waals surface area contributed by atoms with Crippen LogP contribution in [0.2, 0.25) is 0 Å². The number of fused-ring (bicyclic) bond motifs is 1. The van der Waals surface area contributed by atoms with Crippen LogP contribution in [0.15, 0.2) is 49.2 Å². The Morgan fingerprint density at radius 1 is 1.23 bits per heavy atom. The number of nitro groups is 1. The molecule has 2 aromatic carbocycles. The lowest BCUT2D eigenvalue weighted by molar-refractivity contribution is -0.386. The van der Waals surface area contributed by atoms with Gasteiger partial charge in [0.2, 0.25) is 5.75 Å². The standard InChI is InChI=1S/C23H22Br2N4O6/c1-12(21(31)34-5)35-19-13(8-15(25)10-18(19)29(32)33)11-26-28-20(30)16-9-14(24)6-7-17(16)27-22(28)23(2,3)4/h6-12H,1-5H3/t12-/m1/s1. The van der Waals surface area contributed by atoms with Crippen molar-refractivity contribution in [2.45, 2.75) is 39.2 Å². The number of esters is 1. The van der Waals surface area contributed by atoms with Gasteiger partial charge < -0.3 is 9.47 Å². The minimum atomic E-state index is -1.13. The quantitative estimate of drug-likeness (QED) is 0.167. The van der Waals surface area contributed by atoms with E-state index in [2.05, 4.69) is 46.7 Å². The number of nitrogens with zero attached hydrogens (tertiary/aromatic N) is 4. The van der Waals surface area contributed by atoms with E-state index in [9.17, 15) is 19.7 Å². The Morgan fingerprint density at radius 3 is 2.51 bits per heavy atom. The molecule has 10 nitrogen and oxygen atoms in total. The maximum absolute atomic E-state index is 13.4. The number of aromatic nitrogens is 2. The summed E-state index contributed by atoms with van der Waals surface area (Å²) in [5, 5.41) is 16.4. The van der Waals surface area contributed by atoms with Crippen LogP contribution < -0.4 is 10.3 Å². The predicted octanol–water partition coefficient (Wildman–Crippen LogP) is 4.95. The minimum Gasteiger partial charge on any atom is -0.471 e. The van der Waals surface area contributed by atoms with Crippen LogP contribution in [0.25, 0.3) is 10.9 Å². The van der Waals surface area contributed by atoms with Crippen molar-refractivity contribution in [1.29, 1.82) is 0 Å². The largest absolute Gasteiger partial charge is 0.471 e. The van der Waals surface area contributed by atoms with Gasteiger partial charge in [-0.25, -0.2) is 9.78 Å². The molecule has 0 spiro atoms. The molecule has 0 aliphatic carbocycles. The monoisotopic (exact) mass is 608 g/mol. The van der Waals surface area contributed by atoms with Crippen LogP contribution in [0, 0.1) is 10.1 Å². The van der Waals surface area contributed by atoms with Gasteiger partial charge >= 0.3 is 11.7 Å². The van der Waals surface area contributed by atoms with E-state index < -0.39 is 28.0 Å². The molecule has 0 fully saturated rings. The van der Waals surface area contributed by atoms with Crippen LogP contribution in [0.5, 0.6) is 5.75 Å². The van der Waals surface area contributed by atoms with E-state index in [0.29, 0.717) is 25.7 Å². The van der Waals surface area contributed by atoms with Gasteiger partial charge in [0.15, 0.2) is 6.10 Å². The van der Waals surface area contributed by atoms with Crippen LogP contribution in [-0.2, 0) is 14.9 Å². The molecule has 3 rings (SSSR count). The first-order valence-electron chi connectivity index (χ1n) is 10.3. The number of halogens is 2. The highest BCUT2D eigenvalue weighted by Crippen LogP contribution is 2.35. The highest BCUT2D eigenvalue weighted by molar-refractivity contribution is 9.10. The molecule has 1 heterocycles. The first-order valence-corrected chi connectivity index (χ1v) is 11.9. The number of ether oxygens (including phenoxy) is 2. The molecule has 0 unspecified atom stereocenters. The third kappa shape index (κ3) is 5.76. The summed E-state index contributed by atoms with van der Waals surface area (Å²) < 4.78 is 12.5. The Balaban J connectivity index is 2.25. The lowest BCUT2D eigenvalue weighted by Crippen LogP contribution is -2.29. The summed E-state index contributed by atoms with van der Waals surface area (Å²) in [6.45, 7) is 7.08. The summed E-state index contributed by atoms with van der Waals surface area (Å²) in [4.78, 5) is 41.0. The second-order valence-electron chi connectivity index (χ2n) is 8.59. The molecule has 3 aromatic rings. The minimum absolute atomic E-state index is 0.169. The van der Waals surface area contributed by atoms with Crippen LogP contribution in [0.3, 0.4) is 0 Å². The van der Waals surface area contributed by atoms with Crippen LogP contribution in [0.4, 0.5) is 5.69 Å². The van der Waals surface area contributed by atoms with E-state index >= 15 is 0 Å². The van der Waals surface area contributed by atoms with Crippen LogP contribution in [0.1, 0.15) is 39.1 Å². The fourth-order valence-corrected chi connectivity index (χ4v) is 4.04. The number of hydrogen-bond donors (Lipinski definition) is 0. The molecule has 35 heavy (non-hydrogen) atoms. The summed E-state index contributed by atoms with van der Waals surface area (Å²) in [7, 11) is 1.19. The SMILES string of the molecule is COC(=O)[C@@H](C)Oc1c(C=Nn2c(C(C)(C)C)nc3ccc(Br)cc3c2=O)cc(Br)cc1[N+](=O)[O-]. The summed E-state index contributed by atoms with van der Waals surface area (Å²) in [6, 6.07) is 7.96. The normalized spacial score (nSPS) is 12.7. The molecule has 12 heteroatoms. The maximum atomic E-state index is 13.4. The van der Waals surface area contributed by atoms with Crippen molar-refractivity contribution in [2.75, 3.05) is 7.11 Å².